The second-order valence-corrected chi connectivity index (χ2v) is 7.18. The zero-order valence-corrected chi connectivity index (χ0v) is 13.7. The van der Waals surface area contributed by atoms with Gasteiger partial charge < -0.3 is 4.90 Å². The Morgan fingerprint density at radius 1 is 0.957 bits per heavy atom. The maximum Gasteiger partial charge on any atom is 0.255 e. The standard InChI is InChI=1S/C20H17NOS/c1-14-11-12-18(23-14)19-16-9-5-6-10-17(16)20(22)21(19)13-15-7-3-2-4-8-15/h2-12,19H,13H2,1H3. The summed E-state index contributed by atoms with van der Waals surface area (Å²) in [6.07, 6.45) is 0. The van der Waals surface area contributed by atoms with Gasteiger partial charge in [0, 0.05) is 21.9 Å². The average molecular weight is 319 g/mol. The molecule has 0 bridgehead atoms. The third-order valence-electron chi connectivity index (χ3n) is 4.28. The minimum atomic E-state index is 0.0256. The van der Waals surface area contributed by atoms with Crippen molar-refractivity contribution in [2.75, 3.05) is 0 Å². The second kappa shape index (κ2) is 5.67. The number of nitrogens with zero attached hydrogens (tertiary/aromatic N) is 1. The fourth-order valence-corrected chi connectivity index (χ4v) is 4.23. The second-order valence-electron chi connectivity index (χ2n) is 5.86. The molecule has 2 nitrogen and oxygen atoms in total. The quantitative estimate of drug-likeness (QED) is 0.679. The van der Waals surface area contributed by atoms with Gasteiger partial charge in [-0.2, -0.15) is 0 Å². The molecule has 3 heteroatoms. The van der Waals surface area contributed by atoms with Crippen LogP contribution in [0.15, 0.2) is 66.7 Å². The van der Waals surface area contributed by atoms with Gasteiger partial charge in [0.25, 0.3) is 5.91 Å². The molecule has 0 aliphatic carbocycles. The summed E-state index contributed by atoms with van der Waals surface area (Å²) in [6, 6.07) is 22.5. The number of carbonyl (C=O) groups is 1. The predicted octanol–water partition coefficient (Wildman–Crippen LogP) is 4.80. The Morgan fingerprint density at radius 3 is 2.43 bits per heavy atom. The summed E-state index contributed by atoms with van der Waals surface area (Å²) in [7, 11) is 0. The number of thiophene rings is 1. The summed E-state index contributed by atoms with van der Waals surface area (Å²) in [6.45, 7) is 2.74. The van der Waals surface area contributed by atoms with E-state index in [9.17, 15) is 4.79 Å². The van der Waals surface area contributed by atoms with E-state index < -0.39 is 0 Å². The van der Waals surface area contributed by atoms with Gasteiger partial charge in [0.1, 0.15) is 0 Å². The van der Waals surface area contributed by atoms with Crippen LogP contribution in [0.4, 0.5) is 0 Å². The fourth-order valence-electron chi connectivity index (χ4n) is 3.22. The van der Waals surface area contributed by atoms with E-state index in [0.29, 0.717) is 6.54 Å². The van der Waals surface area contributed by atoms with Crippen molar-refractivity contribution < 1.29 is 4.79 Å². The molecule has 1 amide bonds. The third-order valence-corrected chi connectivity index (χ3v) is 5.34. The highest BCUT2D eigenvalue weighted by molar-refractivity contribution is 7.12. The summed E-state index contributed by atoms with van der Waals surface area (Å²) in [5.74, 6) is 0.125. The van der Waals surface area contributed by atoms with Crippen molar-refractivity contribution in [2.45, 2.75) is 19.5 Å². The number of rotatable bonds is 3. The van der Waals surface area contributed by atoms with Crippen LogP contribution >= 0.6 is 11.3 Å². The smallest absolute Gasteiger partial charge is 0.255 e. The topological polar surface area (TPSA) is 20.3 Å². The molecule has 114 valence electrons. The van der Waals surface area contributed by atoms with Crippen molar-refractivity contribution in [3.8, 4) is 0 Å². The van der Waals surface area contributed by atoms with Crippen LogP contribution in [0.2, 0.25) is 0 Å². The lowest BCUT2D eigenvalue weighted by atomic mass is 10.0. The Morgan fingerprint density at radius 2 is 1.70 bits per heavy atom. The first-order valence-corrected chi connectivity index (χ1v) is 8.56. The molecule has 0 fully saturated rings. The van der Waals surface area contributed by atoms with Crippen molar-refractivity contribution in [1.29, 1.82) is 0 Å². The zero-order valence-electron chi connectivity index (χ0n) is 12.9. The molecule has 0 saturated carbocycles. The molecule has 0 N–H and O–H groups in total. The Labute approximate surface area is 140 Å². The number of carbonyl (C=O) groups excluding carboxylic acids is 1. The molecular formula is C20H17NOS. The number of benzene rings is 2. The minimum Gasteiger partial charge on any atom is -0.322 e. The van der Waals surface area contributed by atoms with Gasteiger partial charge in [-0.05, 0) is 36.2 Å². The Bertz CT molecular complexity index is 853. The molecule has 1 atom stereocenters. The molecule has 0 radical (unpaired) electrons. The summed E-state index contributed by atoms with van der Waals surface area (Å²) >= 11 is 1.77. The van der Waals surface area contributed by atoms with E-state index in [0.717, 1.165) is 16.7 Å². The molecule has 23 heavy (non-hydrogen) atoms. The van der Waals surface area contributed by atoms with Crippen molar-refractivity contribution in [1.82, 2.24) is 4.90 Å². The van der Waals surface area contributed by atoms with Gasteiger partial charge in [-0.25, -0.2) is 0 Å². The maximum absolute atomic E-state index is 12.9. The van der Waals surface area contributed by atoms with Crippen molar-refractivity contribution >= 4 is 17.2 Å². The van der Waals surface area contributed by atoms with Gasteiger partial charge in [-0.15, -0.1) is 11.3 Å². The summed E-state index contributed by atoms with van der Waals surface area (Å²) < 4.78 is 0. The van der Waals surface area contributed by atoms with Crippen LogP contribution < -0.4 is 0 Å². The van der Waals surface area contributed by atoms with Crippen LogP contribution in [-0.2, 0) is 6.54 Å². The van der Waals surface area contributed by atoms with Crippen molar-refractivity contribution in [3.63, 3.8) is 0 Å². The van der Waals surface area contributed by atoms with Gasteiger partial charge in [0.15, 0.2) is 0 Å². The van der Waals surface area contributed by atoms with Crippen molar-refractivity contribution in [3.05, 3.63) is 93.2 Å². The molecule has 4 rings (SSSR count). The lowest BCUT2D eigenvalue weighted by molar-refractivity contribution is 0.0738. The van der Waals surface area contributed by atoms with Crippen LogP contribution in [-0.4, -0.2) is 10.8 Å². The van der Waals surface area contributed by atoms with Crippen molar-refractivity contribution in [2.24, 2.45) is 0 Å². The molecule has 2 heterocycles. The maximum atomic E-state index is 12.9. The van der Waals surface area contributed by atoms with E-state index in [-0.39, 0.29) is 11.9 Å². The van der Waals surface area contributed by atoms with Crippen LogP contribution in [0.25, 0.3) is 0 Å². The van der Waals surface area contributed by atoms with E-state index in [1.807, 2.05) is 41.3 Å². The summed E-state index contributed by atoms with van der Waals surface area (Å²) in [4.78, 5) is 17.4. The van der Waals surface area contributed by atoms with Gasteiger partial charge in [-0.1, -0.05) is 48.5 Å². The SMILES string of the molecule is Cc1ccc(C2c3ccccc3C(=O)N2Cc2ccccc2)s1. The number of fused-ring (bicyclic) bond motifs is 1. The van der Waals surface area contributed by atoms with Gasteiger partial charge >= 0.3 is 0 Å². The first kappa shape index (κ1) is 14.2. The van der Waals surface area contributed by atoms with E-state index >= 15 is 0 Å². The molecule has 2 aromatic carbocycles. The molecule has 1 aromatic heterocycles. The predicted molar refractivity (Wildman–Crippen MR) is 93.7 cm³/mol. The average Bonchev–Trinajstić information content (AvgIpc) is 3.11. The molecule has 1 aliphatic heterocycles. The number of hydrogen-bond acceptors (Lipinski definition) is 2. The first-order chi connectivity index (χ1) is 11.2. The molecule has 0 spiro atoms. The minimum absolute atomic E-state index is 0.0256. The molecule has 1 unspecified atom stereocenters. The Kier molecular flexibility index (Phi) is 3.50. The molecule has 0 saturated heterocycles. The lowest BCUT2D eigenvalue weighted by Gasteiger charge is -2.24. The third kappa shape index (κ3) is 2.47. The van der Waals surface area contributed by atoms with E-state index in [1.54, 1.807) is 11.3 Å². The summed E-state index contributed by atoms with van der Waals surface area (Å²) in [5.41, 5.74) is 3.11. The van der Waals surface area contributed by atoms with E-state index in [1.165, 1.54) is 9.75 Å². The van der Waals surface area contributed by atoms with Crippen LogP contribution in [0.3, 0.4) is 0 Å². The van der Waals surface area contributed by atoms with Gasteiger partial charge in [0.2, 0.25) is 0 Å². The summed E-state index contributed by atoms with van der Waals surface area (Å²) in [5, 5.41) is 0. The molecule has 1 aliphatic rings. The zero-order chi connectivity index (χ0) is 15.8. The normalized spacial score (nSPS) is 16.7. The number of aryl methyl sites for hydroxylation is 1. The Balaban J connectivity index is 1.79. The first-order valence-electron chi connectivity index (χ1n) is 7.74. The van der Waals surface area contributed by atoms with Crippen LogP contribution in [0, 0.1) is 6.92 Å². The van der Waals surface area contributed by atoms with E-state index in [2.05, 4.69) is 37.3 Å². The lowest BCUT2D eigenvalue weighted by Crippen LogP contribution is -2.27. The highest BCUT2D eigenvalue weighted by atomic mass is 32.1. The van der Waals surface area contributed by atoms with Gasteiger partial charge in [0.05, 0.1) is 6.04 Å². The number of hydrogen-bond donors (Lipinski definition) is 0. The monoisotopic (exact) mass is 319 g/mol. The molecule has 3 aromatic rings. The highest BCUT2D eigenvalue weighted by Gasteiger charge is 2.37. The highest BCUT2D eigenvalue weighted by Crippen LogP contribution is 2.41. The van der Waals surface area contributed by atoms with Crippen LogP contribution in [0.1, 0.15) is 37.3 Å². The Hall–Kier alpha value is -2.39. The number of amides is 1. The van der Waals surface area contributed by atoms with Crippen LogP contribution in [0.5, 0.6) is 0 Å². The largest absolute Gasteiger partial charge is 0.322 e. The van der Waals surface area contributed by atoms with Gasteiger partial charge in [-0.3, -0.25) is 4.79 Å². The van der Waals surface area contributed by atoms with E-state index in [4.69, 9.17) is 0 Å². The molecular weight excluding hydrogens is 302 g/mol. The fraction of sp³-hybridized carbons (Fsp3) is 0.150.